The van der Waals surface area contributed by atoms with E-state index in [0.717, 1.165) is 60.9 Å². The molecule has 0 unspecified atom stereocenters. The van der Waals surface area contributed by atoms with Crippen LogP contribution < -0.4 is 4.90 Å². The maximum Gasteiger partial charge on any atom is 0.143 e. The van der Waals surface area contributed by atoms with E-state index < -0.39 is 0 Å². The van der Waals surface area contributed by atoms with Crippen molar-refractivity contribution in [1.29, 1.82) is 0 Å². The van der Waals surface area contributed by atoms with Crippen LogP contribution in [0, 0.1) is 0 Å². The van der Waals surface area contributed by atoms with Gasteiger partial charge < -0.3 is 9.32 Å². The van der Waals surface area contributed by atoms with E-state index in [1.54, 1.807) is 0 Å². The summed E-state index contributed by atoms with van der Waals surface area (Å²) in [6.07, 6.45) is 0. The minimum absolute atomic E-state index is 0.861. The number of rotatable bonds is 7. The van der Waals surface area contributed by atoms with Crippen LogP contribution in [0.1, 0.15) is 0 Å². The number of furan rings is 1. The molecule has 0 N–H and O–H groups in total. The predicted octanol–water partition coefficient (Wildman–Crippen LogP) is 17.2. The van der Waals surface area contributed by atoms with Gasteiger partial charge in [-0.15, -0.1) is 11.3 Å². The van der Waals surface area contributed by atoms with Gasteiger partial charge in [0.15, 0.2) is 0 Å². The number of nitrogens with zero attached hydrogens (tertiary/aromatic N) is 1. The van der Waals surface area contributed by atoms with Crippen LogP contribution in [0.5, 0.6) is 0 Å². The first-order chi connectivity index (χ1) is 30.2. The van der Waals surface area contributed by atoms with Gasteiger partial charge in [-0.05, 0) is 105 Å². The molecule has 0 amide bonds. The molecule has 3 heteroatoms. The second-order valence-electron chi connectivity index (χ2n) is 15.6. The number of fused-ring (bicyclic) bond motifs is 8. The molecule has 0 aliphatic carbocycles. The Morgan fingerprint density at radius 2 is 1.00 bits per heavy atom. The third-order valence-corrected chi connectivity index (χ3v) is 13.2. The van der Waals surface area contributed by atoms with E-state index in [1.807, 2.05) is 11.3 Å². The van der Waals surface area contributed by atoms with Gasteiger partial charge in [0, 0.05) is 42.2 Å². The molecule has 0 saturated heterocycles. The van der Waals surface area contributed by atoms with E-state index in [2.05, 4.69) is 229 Å². The summed E-state index contributed by atoms with van der Waals surface area (Å²) in [4.78, 5) is 2.43. The smallest absolute Gasteiger partial charge is 0.143 e. The first-order valence-electron chi connectivity index (χ1n) is 20.7. The van der Waals surface area contributed by atoms with Crippen LogP contribution in [0.25, 0.3) is 97.4 Å². The minimum Gasteiger partial charge on any atom is -0.455 e. The van der Waals surface area contributed by atoms with Crippen LogP contribution in [0.3, 0.4) is 0 Å². The number of hydrogen-bond donors (Lipinski definition) is 0. The average Bonchev–Trinajstić information content (AvgIpc) is 3.91. The molecule has 61 heavy (non-hydrogen) atoms. The summed E-state index contributed by atoms with van der Waals surface area (Å²) in [6.45, 7) is 0. The molecule has 0 aliphatic rings. The van der Waals surface area contributed by atoms with Gasteiger partial charge in [-0.3, -0.25) is 0 Å². The van der Waals surface area contributed by atoms with Gasteiger partial charge in [-0.2, -0.15) is 0 Å². The highest BCUT2D eigenvalue weighted by Gasteiger charge is 2.23. The van der Waals surface area contributed by atoms with Crippen molar-refractivity contribution in [1.82, 2.24) is 0 Å². The molecule has 10 aromatic carbocycles. The summed E-state index contributed by atoms with van der Waals surface area (Å²) < 4.78 is 9.37. The Morgan fingerprint density at radius 1 is 0.344 bits per heavy atom. The SMILES string of the molecule is c1ccc(-c2ccc(-c3ccc(N(c4ccccc4-c4ccc5sc6ccccc6c5c4)c4cccc5oc6c7ccccc7ccc6c45)cc3)c(-c3ccccc3)c2)cc1. The Labute approximate surface area is 357 Å². The number of para-hydroxylation sites is 1. The maximum absolute atomic E-state index is 6.77. The Balaban J connectivity index is 1.06. The number of benzene rings is 10. The predicted molar refractivity (Wildman–Crippen MR) is 261 cm³/mol. The molecule has 0 spiro atoms. The minimum atomic E-state index is 0.861. The average molecular weight is 796 g/mol. The van der Waals surface area contributed by atoms with Crippen molar-refractivity contribution in [3.8, 4) is 44.5 Å². The number of anilines is 3. The van der Waals surface area contributed by atoms with E-state index in [-0.39, 0.29) is 0 Å². The van der Waals surface area contributed by atoms with E-state index in [1.165, 1.54) is 53.6 Å². The van der Waals surface area contributed by atoms with Crippen molar-refractivity contribution in [2.45, 2.75) is 0 Å². The second kappa shape index (κ2) is 14.5. The maximum atomic E-state index is 6.77. The molecule has 286 valence electrons. The summed E-state index contributed by atoms with van der Waals surface area (Å²) in [7, 11) is 0. The molecule has 2 aromatic heterocycles. The zero-order chi connectivity index (χ0) is 40.3. The summed E-state index contributed by atoms with van der Waals surface area (Å²) >= 11 is 1.85. The van der Waals surface area contributed by atoms with Gasteiger partial charge in [0.1, 0.15) is 11.2 Å². The largest absolute Gasteiger partial charge is 0.455 e. The highest BCUT2D eigenvalue weighted by atomic mass is 32.1. The molecule has 12 rings (SSSR count). The van der Waals surface area contributed by atoms with Crippen LogP contribution in [0.15, 0.2) is 229 Å². The van der Waals surface area contributed by atoms with Crippen LogP contribution in [-0.4, -0.2) is 0 Å². The van der Waals surface area contributed by atoms with E-state index >= 15 is 0 Å². The van der Waals surface area contributed by atoms with E-state index in [0.29, 0.717) is 0 Å². The lowest BCUT2D eigenvalue weighted by Gasteiger charge is -2.29. The molecule has 2 heterocycles. The topological polar surface area (TPSA) is 16.4 Å². The van der Waals surface area contributed by atoms with Gasteiger partial charge in [0.25, 0.3) is 0 Å². The summed E-state index contributed by atoms with van der Waals surface area (Å²) in [5, 5.41) is 7.04. The fraction of sp³-hybridized carbons (Fsp3) is 0. The molecule has 0 aliphatic heterocycles. The number of thiophene rings is 1. The molecular weight excluding hydrogens is 759 g/mol. The highest BCUT2D eigenvalue weighted by molar-refractivity contribution is 7.25. The van der Waals surface area contributed by atoms with Gasteiger partial charge in [0.05, 0.1) is 16.8 Å². The van der Waals surface area contributed by atoms with Crippen LogP contribution in [0.2, 0.25) is 0 Å². The van der Waals surface area contributed by atoms with E-state index in [9.17, 15) is 0 Å². The van der Waals surface area contributed by atoms with Crippen molar-refractivity contribution in [2.75, 3.05) is 4.90 Å². The Morgan fingerprint density at radius 3 is 1.85 bits per heavy atom. The summed E-state index contributed by atoms with van der Waals surface area (Å²) in [5.41, 5.74) is 14.5. The Hall–Kier alpha value is -7.72. The van der Waals surface area contributed by atoms with Gasteiger partial charge in [0.2, 0.25) is 0 Å². The Kier molecular flexibility index (Phi) is 8.39. The third kappa shape index (κ3) is 6.01. The lowest BCUT2D eigenvalue weighted by molar-refractivity contribution is 0.672. The Bertz CT molecular complexity index is 3580. The normalized spacial score (nSPS) is 11.6. The van der Waals surface area contributed by atoms with Crippen molar-refractivity contribution in [3.63, 3.8) is 0 Å². The lowest BCUT2D eigenvalue weighted by Crippen LogP contribution is -2.11. The van der Waals surface area contributed by atoms with Crippen molar-refractivity contribution < 1.29 is 4.42 Å². The van der Waals surface area contributed by atoms with E-state index in [4.69, 9.17) is 4.42 Å². The number of hydrogen-bond acceptors (Lipinski definition) is 3. The fourth-order valence-electron chi connectivity index (χ4n) is 9.19. The molecule has 0 radical (unpaired) electrons. The highest BCUT2D eigenvalue weighted by Crippen LogP contribution is 2.48. The summed E-state index contributed by atoms with van der Waals surface area (Å²) in [5.74, 6) is 0. The van der Waals surface area contributed by atoms with Gasteiger partial charge >= 0.3 is 0 Å². The molecule has 2 nitrogen and oxygen atoms in total. The van der Waals surface area contributed by atoms with Crippen LogP contribution >= 0.6 is 11.3 Å². The lowest BCUT2D eigenvalue weighted by atomic mass is 9.91. The monoisotopic (exact) mass is 795 g/mol. The molecule has 12 aromatic rings. The molecule has 0 atom stereocenters. The summed E-state index contributed by atoms with van der Waals surface area (Å²) in [6, 6.07) is 81.2. The first kappa shape index (κ1) is 35.2. The van der Waals surface area contributed by atoms with Crippen LogP contribution in [-0.2, 0) is 0 Å². The van der Waals surface area contributed by atoms with Crippen molar-refractivity contribution >= 4 is 81.3 Å². The second-order valence-corrected chi connectivity index (χ2v) is 16.7. The van der Waals surface area contributed by atoms with Crippen LogP contribution in [0.4, 0.5) is 17.1 Å². The zero-order valence-electron chi connectivity index (χ0n) is 33.1. The van der Waals surface area contributed by atoms with Crippen molar-refractivity contribution in [2.24, 2.45) is 0 Å². The van der Waals surface area contributed by atoms with Gasteiger partial charge in [-0.1, -0.05) is 164 Å². The molecule has 0 bridgehead atoms. The fourth-order valence-corrected chi connectivity index (χ4v) is 10.3. The standard InChI is InChI=1S/C58H37NOS/c1-3-14-38(15-4-1)42-29-33-45(50(36-42)39-16-5-2-6-17-39)41-26-31-44(32-27-41)59(53-23-13-24-54-57(53)49-34-28-40-18-7-8-20-47(40)58(49)60-54)52-22-11-9-19-46(52)43-30-35-56-51(37-43)48-21-10-12-25-55(48)61-56/h1-37H. The molecular formula is C58H37NOS. The van der Waals surface area contributed by atoms with Gasteiger partial charge in [-0.25, -0.2) is 0 Å². The third-order valence-electron chi connectivity index (χ3n) is 12.1. The van der Waals surface area contributed by atoms with Crippen molar-refractivity contribution in [3.05, 3.63) is 224 Å². The quantitative estimate of drug-likeness (QED) is 0.160. The first-order valence-corrected chi connectivity index (χ1v) is 21.6. The zero-order valence-corrected chi connectivity index (χ0v) is 33.9. The molecule has 0 fully saturated rings. The molecule has 0 saturated carbocycles.